The normalized spacial score (nSPS) is 20.1. The highest BCUT2D eigenvalue weighted by atomic mass is 16.2. The van der Waals surface area contributed by atoms with Crippen LogP contribution in [0.3, 0.4) is 0 Å². The standard InChI is InChI=1S/C15H26N4O/c1-10(8-14-11(2)17-19(5)12(14)3)15(20)18(4)13-6-7-16-9-13/h10,13,16H,6-9H2,1-5H3. The van der Waals surface area contributed by atoms with E-state index in [0.29, 0.717) is 6.04 Å². The fourth-order valence-electron chi connectivity index (χ4n) is 3.00. The van der Waals surface area contributed by atoms with E-state index in [0.717, 1.165) is 37.3 Å². The van der Waals surface area contributed by atoms with E-state index in [2.05, 4.69) is 17.3 Å². The predicted octanol–water partition coefficient (Wildman–Crippen LogP) is 1.04. The first-order valence-electron chi connectivity index (χ1n) is 7.38. The van der Waals surface area contributed by atoms with Crippen LogP contribution in [0.15, 0.2) is 0 Å². The number of carbonyl (C=O) groups excluding carboxylic acids is 1. The molecule has 0 bridgehead atoms. The zero-order chi connectivity index (χ0) is 14.9. The van der Waals surface area contributed by atoms with Crippen LogP contribution in [-0.2, 0) is 18.3 Å². The number of likely N-dealkylation sites (N-methyl/N-ethyl adjacent to an activating group) is 1. The summed E-state index contributed by atoms with van der Waals surface area (Å²) in [6, 6.07) is 0.348. The van der Waals surface area contributed by atoms with Crippen LogP contribution in [0, 0.1) is 19.8 Å². The zero-order valence-corrected chi connectivity index (χ0v) is 13.2. The van der Waals surface area contributed by atoms with Crippen molar-refractivity contribution in [3.05, 3.63) is 17.0 Å². The van der Waals surface area contributed by atoms with Gasteiger partial charge in [-0.05, 0) is 38.8 Å². The van der Waals surface area contributed by atoms with Crippen molar-refractivity contribution in [2.45, 2.75) is 39.7 Å². The molecule has 1 aliphatic rings. The van der Waals surface area contributed by atoms with Crippen molar-refractivity contribution in [1.29, 1.82) is 0 Å². The minimum absolute atomic E-state index is 0.00204. The van der Waals surface area contributed by atoms with Crippen molar-refractivity contribution < 1.29 is 4.79 Å². The molecule has 0 aliphatic carbocycles. The quantitative estimate of drug-likeness (QED) is 0.895. The number of carbonyl (C=O) groups is 1. The van der Waals surface area contributed by atoms with Crippen molar-refractivity contribution in [2.24, 2.45) is 13.0 Å². The maximum atomic E-state index is 12.5. The molecule has 0 spiro atoms. The van der Waals surface area contributed by atoms with Gasteiger partial charge in [-0.1, -0.05) is 6.92 Å². The first-order chi connectivity index (χ1) is 9.41. The second kappa shape index (κ2) is 5.95. The molecule has 1 aliphatic heterocycles. The minimum atomic E-state index is 0.00204. The van der Waals surface area contributed by atoms with Crippen LogP contribution in [0.2, 0.25) is 0 Å². The lowest BCUT2D eigenvalue weighted by Crippen LogP contribution is -2.41. The molecule has 0 saturated carbocycles. The summed E-state index contributed by atoms with van der Waals surface area (Å²) in [6.07, 6.45) is 1.83. The van der Waals surface area contributed by atoms with Gasteiger partial charge >= 0.3 is 0 Å². The number of aromatic nitrogens is 2. The number of rotatable bonds is 4. The van der Waals surface area contributed by atoms with E-state index >= 15 is 0 Å². The Morgan fingerprint density at radius 1 is 1.55 bits per heavy atom. The summed E-state index contributed by atoms with van der Waals surface area (Å²) in [6.45, 7) is 8.03. The van der Waals surface area contributed by atoms with Gasteiger partial charge in [0.25, 0.3) is 0 Å². The molecule has 1 aromatic rings. The van der Waals surface area contributed by atoms with Crippen molar-refractivity contribution in [3.8, 4) is 0 Å². The number of nitrogens with one attached hydrogen (secondary N) is 1. The highest BCUT2D eigenvalue weighted by molar-refractivity contribution is 5.79. The van der Waals surface area contributed by atoms with E-state index in [1.54, 1.807) is 0 Å². The number of hydrogen-bond acceptors (Lipinski definition) is 3. The zero-order valence-electron chi connectivity index (χ0n) is 13.2. The molecule has 1 amide bonds. The first-order valence-corrected chi connectivity index (χ1v) is 7.38. The Kier molecular flexibility index (Phi) is 4.48. The summed E-state index contributed by atoms with van der Waals surface area (Å²) < 4.78 is 1.90. The molecular weight excluding hydrogens is 252 g/mol. The van der Waals surface area contributed by atoms with Crippen molar-refractivity contribution in [3.63, 3.8) is 0 Å². The summed E-state index contributed by atoms with van der Waals surface area (Å²) in [5, 5.41) is 7.74. The fraction of sp³-hybridized carbons (Fsp3) is 0.733. The molecule has 2 atom stereocenters. The van der Waals surface area contributed by atoms with Gasteiger partial charge in [0.1, 0.15) is 0 Å². The van der Waals surface area contributed by atoms with E-state index in [4.69, 9.17) is 0 Å². The van der Waals surface area contributed by atoms with Crippen LogP contribution < -0.4 is 5.32 Å². The molecule has 2 heterocycles. The molecule has 1 N–H and O–H groups in total. The average molecular weight is 278 g/mol. The molecule has 5 heteroatoms. The largest absolute Gasteiger partial charge is 0.341 e. The van der Waals surface area contributed by atoms with E-state index in [1.807, 2.05) is 37.5 Å². The Hall–Kier alpha value is -1.36. The van der Waals surface area contributed by atoms with Crippen LogP contribution in [0.5, 0.6) is 0 Å². The predicted molar refractivity (Wildman–Crippen MR) is 79.6 cm³/mol. The summed E-state index contributed by atoms with van der Waals surface area (Å²) in [5.74, 6) is 0.239. The maximum Gasteiger partial charge on any atom is 0.225 e. The number of nitrogens with zero attached hydrogens (tertiary/aromatic N) is 3. The SMILES string of the molecule is Cc1nn(C)c(C)c1CC(C)C(=O)N(C)C1CCNC1. The lowest BCUT2D eigenvalue weighted by atomic mass is 9.98. The monoisotopic (exact) mass is 278 g/mol. The molecule has 1 aromatic heterocycles. The van der Waals surface area contributed by atoms with E-state index in [9.17, 15) is 4.79 Å². The second-order valence-corrected chi connectivity index (χ2v) is 5.97. The third kappa shape index (κ3) is 2.87. The van der Waals surface area contributed by atoms with Crippen LogP contribution in [0.4, 0.5) is 0 Å². The van der Waals surface area contributed by atoms with Crippen LogP contribution in [0.1, 0.15) is 30.3 Å². The van der Waals surface area contributed by atoms with Gasteiger partial charge in [0.15, 0.2) is 0 Å². The summed E-state index contributed by atoms with van der Waals surface area (Å²) in [4.78, 5) is 14.5. The van der Waals surface area contributed by atoms with E-state index in [-0.39, 0.29) is 11.8 Å². The molecule has 2 rings (SSSR count). The van der Waals surface area contributed by atoms with Crippen LogP contribution >= 0.6 is 0 Å². The summed E-state index contributed by atoms with van der Waals surface area (Å²) in [7, 11) is 3.88. The summed E-state index contributed by atoms with van der Waals surface area (Å²) in [5.41, 5.74) is 3.41. The van der Waals surface area contributed by atoms with Gasteiger partial charge in [0.2, 0.25) is 5.91 Å². The molecule has 112 valence electrons. The molecule has 0 radical (unpaired) electrons. The van der Waals surface area contributed by atoms with E-state index in [1.165, 1.54) is 5.56 Å². The number of aryl methyl sites for hydroxylation is 2. The molecule has 1 fully saturated rings. The number of hydrogen-bond donors (Lipinski definition) is 1. The van der Waals surface area contributed by atoms with Crippen molar-refractivity contribution >= 4 is 5.91 Å². The Morgan fingerprint density at radius 2 is 2.25 bits per heavy atom. The van der Waals surface area contributed by atoms with Crippen LogP contribution in [0.25, 0.3) is 0 Å². The molecule has 20 heavy (non-hydrogen) atoms. The van der Waals surface area contributed by atoms with Gasteiger partial charge < -0.3 is 10.2 Å². The number of amides is 1. The highest BCUT2D eigenvalue weighted by Gasteiger charge is 2.27. The smallest absolute Gasteiger partial charge is 0.225 e. The Bertz CT molecular complexity index is 488. The molecule has 0 aromatic carbocycles. The van der Waals surface area contributed by atoms with E-state index < -0.39 is 0 Å². The first kappa shape index (κ1) is 15.0. The van der Waals surface area contributed by atoms with Gasteiger partial charge in [-0.3, -0.25) is 9.48 Å². The van der Waals surface area contributed by atoms with Gasteiger partial charge in [0, 0.05) is 38.3 Å². The third-order valence-corrected chi connectivity index (χ3v) is 4.52. The Balaban J connectivity index is 2.03. The van der Waals surface area contributed by atoms with Gasteiger partial charge in [-0.15, -0.1) is 0 Å². The molecule has 1 saturated heterocycles. The van der Waals surface area contributed by atoms with Gasteiger partial charge in [-0.2, -0.15) is 5.10 Å². The van der Waals surface area contributed by atoms with Crippen molar-refractivity contribution in [1.82, 2.24) is 20.0 Å². The average Bonchev–Trinajstić information content (AvgIpc) is 3.02. The lowest BCUT2D eigenvalue weighted by molar-refractivity contribution is -0.135. The Labute approximate surface area is 121 Å². The lowest BCUT2D eigenvalue weighted by Gasteiger charge is -2.27. The molecule has 2 unspecified atom stereocenters. The minimum Gasteiger partial charge on any atom is -0.341 e. The van der Waals surface area contributed by atoms with Gasteiger partial charge in [-0.25, -0.2) is 0 Å². The third-order valence-electron chi connectivity index (χ3n) is 4.52. The highest BCUT2D eigenvalue weighted by Crippen LogP contribution is 2.19. The second-order valence-electron chi connectivity index (χ2n) is 5.97. The maximum absolute atomic E-state index is 12.5. The van der Waals surface area contributed by atoms with Gasteiger partial charge in [0.05, 0.1) is 5.69 Å². The van der Waals surface area contributed by atoms with Crippen molar-refractivity contribution in [2.75, 3.05) is 20.1 Å². The molecule has 5 nitrogen and oxygen atoms in total. The fourth-order valence-corrected chi connectivity index (χ4v) is 3.00. The Morgan fingerprint density at radius 3 is 2.75 bits per heavy atom. The summed E-state index contributed by atoms with van der Waals surface area (Å²) >= 11 is 0. The molecular formula is C15H26N4O. The topological polar surface area (TPSA) is 50.2 Å². The van der Waals surface area contributed by atoms with Crippen LogP contribution in [-0.4, -0.2) is 46.8 Å².